The van der Waals surface area contributed by atoms with E-state index in [4.69, 9.17) is 4.42 Å². The lowest BCUT2D eigenvalue weighted by molar-refractivity contribution is -0.652. The predicted molar refractivity (Wildman–Crippen MR) is 73.0 cm³/mol. The topological polar surface area (TPSA) is 47.7 Å². The van der Waals surface area contributed by atoms with Gasteiger partial charge in [-0.3, -0.25) is 0 Å². The van der Waals surface area contributed by atoms with E-state index in [9.17, 15) is 0 Å². The van der Waals surface area contributed by atoms with Crippen molar-refractivity contribution in [1.82, 2.24) is 14.5 Å². The summed E-state index contributed by atoms with van der Waals surface area (Å²) < 4.78 is 10.3. The zero-order valence-electron chi connectivity index (χ0n) is 10.9. The van der Waals surface area contributed by atoms with Crippen LogP contribution in [0.4, 0.5) is 0 Å². The molecule has 0 bridgehead atoms. The molecular formula is C15H11N4O+. The molecule has 0 spiro atoms. The fraction of sp³-hybridized carbons (Fsp3) is 0.133. The van der Waals surface area contributed by atoms with Crippen molar-refractivity contribution in [1.29, 1.82) is 0 Å². The maximum Gasteiger partial charge on any atom is 0.341 e. The van der Waals surface area contributed by atoms with Crippen molar-refractivity contribution in [2.24, 2.45) is 7.05 Å². The zero-order valence-corrected chi connectivity index (χ0v) is 10.9. The van der Waals surface area contributed by atoms with Crippen LogP contribution in [-0.4, -0.2) is 14.5 Å². The van der Waals surface area contributed by atoms with E-state index in [0.29, 0.717) is 0 Å². The highest BCUT2D eigenvalue weighted by Crippen LogP contribution is 2.33. The van der Waals surface area contributed by atoms with Crippen LogP contribution in [-0.2, 0) is 13.6 Å². The lowest BCUT2D eigenvalue weighted by Gasteiger charge is -1.93. The van der Waals surface area contributed by atoms with Crippen LogP contribution in [0.15, 0.2) is 41.1 Å². The molecule has 1 aliphatic heterocycles. The zero-order chi connectivity index (χ0) is 13.3. The van der Waals surface area contributed by atoms with Crippen molar-refractivity contribution >= 4 is 22.3 Å². The molecule has 5 rings (SSSR count). The van der Waals surface area contributed by atoms with Crippen molar-refractivity contribution in [2.75, 3.05) is 0 Å². The molecule has 0 aliphatic carbocycles. The van der Waals surface area contributed by atoms with Gasteiger partial charge in [-0.2, -0.15) is 4.57 Å². The highest BCUT2D eigenvalue weighted by atomic mass is 16.3. The molecule has 0 unspecified atom stereocenters. The Kier molecular flexibility index (Phi) is 1.65. The van der Waals surface area contributed by atoms with Crippen LogP contribution in [0.5, 0.6) is 0 Å². The van der Waals surface area contributed by atoms with E-state index in [1.807, 2.05) is 31.4 Å². The first-order chi connectivity index (χ1) is 9.84. The standard InChI is InChI=1S/C15H11N4O/c1-18-13-12-10(5-3-7-17-12)20-15(13)19-8-9-4-2-6-16-11(9)14(18)19/h2-7H,8H2,1H3/q+1. The highest BCUT2D eigenvalue weighted by Gasteiger charge is 2.37. The van der Waals surface area contributed by atoms with Crippen molar-refractivity contribution < 1.29 is 8.98 Å². The summed E-state index contributed by atoms with van der Waals surface area (Å²) in [5, 5.41) is 0. The summed E-state index contributed by atoms with van der Waals surface area (Å²) >= 11 is 0. The van der Waals surface area contributed by atoms with E-state index in [1.165, 1.54) is 5.56 Å². The van der Waals surface area contributed by atoms with Gasteiger partial charge in [0.1, 0.15) is 6.54 Å². The van der Waals surface area contributed by atoms with Crippen LogP contribution >= 0.6 is 0 Å². The van der Waals surface area contributed by atoms with Gasteiger partial charge in [0.05, 0.1) is 7.05 Å². The van der Waals surface area contributed by atoms with Gasteiger partial charge in [-0.05, 0) is 18.2 Å². The minimum absolute atomic E-state index is 0.801. The molecule has 5 heteroatoms. The van der Waals surface area contributed by atoms with E-state index >= 15 is 0 Å². The first kappa shape index (κ1) is 10.1. The number of furan rings is 1. The number of pyridine rings is 2. The van der Waals surface area contributed by atoms with Crippen molar-refractivity contribution in [2.45, 2.75) is 6.54 Å². The minimum atomic E-state index is 0.801. The van der Waals surface area contributed by atoms with Crippen LogP contribution in [0.2, 0.25) is 0 Å². The average Bonchev–Trinajstić information content (AvgIpc) is 3.10. The van der Waals surface area contributed by atoms with E-state index in [2.05, 4.69) is 25.2 Å². The summed E-state index contributed by atoms with van der Waals surface area (Å²) in [5.41, 5.74) is 5.90. The van der Waals surface area contributed by atoms with Crippen molar-refractivity contribution in [3.8, 4) is 11.5 Å². The Hall–Kier alpha value is -2.69. The SMILES string of the molecule is Cn1c2[n+](c3oc4cccnc4c31)Cc1cccnc1-2. The Morgan fingerprint density at radius 3 is 3.00 bits per heavy atom. The molecule has 0 amide bonds. The van der Waals surface area contributed by atoms with Crippen LogP contribution in [0.3, 0.4) is 0 Å². The molecule has 0 fully saturated rings. The fourth-order valence-corrected chi connectivity index (χ4v) is 3.14. The minimum Gasteiger partial charge on any atom is -0.417 e. The summed E-state index contributed by atoms with van der Waals surface area (Å²) in [7, 11) is 2.04. The Bertz CT molecular complexity index is 996. The second kappa shape index (κ2) is 3.25. The predicted octanol–water partition coefficient (Wildman–Crippen LogP) is 2.03. The van der Waals surface area contributed by atoms with Gasteiger partial charge in [0.2, 0.25) is 5.52 Å². The van der Waals surface area contributed by atoms with E-state index in [0.717, 1.165) is 40.4 Å². The van der Waals surface area contributed by atoms with E-state index in [-0.39, 0.29) is 0 Å². The van der Waals surface area contributed by atoms with Gasteiger partial charge in [-0.25, -0.2) is 14.5 Å². The van der Waals surface area contributed by atoms with Crippen LogP contribution in [0, 0.1) is 0 Å². The van der Waals surface area contributed by atoms with Gasteiger partial charge in [-0.15, -0.1) is 0 Å². The molecule has 0 atom stereocenters. The Balaban J connectivity index is 1.98. The van der Waals surface area contributed by atoms with Gasteiger partial charge in [0.15, 0.2) is 16.8 Å². The number of hydrogen-bond acceptors (Lipinski definition) is 3. The number of rotatable bonds is 0. The third kappa shape index (κ3) is 1.02. The fourth-order valence-electron chi connectivity index (χ4n) is 3.14. The molecule has 0 aromatic carbocycles. The Morgan fingerprint density at radius 2 is 2.05 bits per heavy atom. The molecule has 0 saturated heterocycles. The van der Waals surface area contributed by atoms with Gasteiger partial charge in [0, 0.05) is 18.0 Å². The Labute approximate surface area is 114 Å². The van der Waals surface area contributed by atoms with Crippen molar-refractivity contribution in [3.05, 3.63) is 42.2 Å². The van der Waals surface area contributed by atoms with Gasteiger partial charge in [0.25, 0.3) is 0 Å². The normalized spacial score (nSPS) is 13.1. The van der Waals surface area contributed by atoms with E-state index < -0.39 is 0 Å². The summed E-state index contributed by atoms with van der Waals surface area (Å²) in [6, 6.07) is 7.94. The number of nitrogens with zero attached hydrogens (tertiary/aromatic N) is 4. The molecule has 0 saturated carbocycles. The smallest absolute Gasteiger partial charge is 0.341 e. The number of aryl methyl sites for hydroxylation is 1. The molecule has 5 nitrogen and oxygen atoms in total. The highest BCUT2D eigenvalue weighted by molar-refractivity contribution is 5.98. The third-order valence-corrected chi connectivity index (χ3v) is 3.99. The summed E-state index contributed by atoms with van der Waals surface area (Å²) in [6.07, 6.45) is 3.63. The number of hydrogen-bond donors (Lipinski definition) is 0. The second-order valence-corrected chi connectivity index (χ2v) is 5.09. The third-order valence-electron chi connectivity index (χ3n) is 3.99. The van der Waals surface area contributed by atoms with Gasteiger partial charge in [-0.1, -0.05) is 6.07 Å². The molecule has 20 heavy (non-hydrogen) atoms. The quantitative estimate of drug-likeness (QED) is 0.402. The van der Waals surface area contributed by atoms with Crippen molar-refractivity contribution in [3.63, 3.8) is 0 Å². The maximum absolute atomic E-state index is 6.00. The number of fused-ring (bicyclic) bond motifs is 7. The first-order valence-corrected chi connectivity index (χ1v) is 6.54. The maximum atomic E-state index is 6.00. The van der Waals surface area contributed by atoms with Gasteiger partial charge >= 0.3 is 11.5 Å². The molecule has 5 heterocycles. The lowest BCUT2D eigenvalue weighted by atomic mass is 10.2. The van der Waals surface area contributed by atoms with Crippen LogP contribution in [0.1, 0.15) is 5.56 Å². The molecule has 1 aliphatic rings. The lowest BCUT2D eigenvalue weighted by Crippen LogP contribution is -2.31. The summed E-state index contributed by atoms with van der Waals surface area (Å²) in [6.45, 7) is 0.801. The largest absolute Gasteiger partial charge is 0.417 e. The van der Waals surface area contributed by atoms with E-state index in [1.54, 1.807) is 6.20 Å². The molecule has 96 valence electrons. The molecule has 0 radical (unpaired) electrons. The van der Waals surface area contributed by atoms with Crippen LogP contribution < -0.4 is 4.57 Å². The summed E-state index contributed by atoms with van der Waals surface area (Å²) in [5.74, 6) is 1.09. The van der Waals surface area contributed by atoms with Crippen LogP contribution in [0.25, 0.3) is 33.8 Å². The number of imidazole rings is 1. The number of aromatic nitrogens is 4. The average molecular weight is 263 g/mol. The van der Waals surface area contributed by atoms with Gasteiger partial charge < -0.3 is 4.42 Å². The first-order valence-electron chi connectivity index (χ1n) is 6.54. The second-order valence-electron chi connectivity index (χ2n) is 5.09. The molecular weight excluding hydrogens is 252 g/mol. The molecule has 4 aromatic rings. The Morgan fingerprint density at radius 1 is 1.20 bits per heavy atom. The summed E-state index contributed by atoms with van der Waals surface area (Å²) in [4.78, 5) is 8.96. The molecule has 4 aromatic heterocycles. The molecule has 0 N–H and O–H groups in total. The monoisotopic (exact) mass is 263 g/mol.